The van der Waals surface area contributed by atoms with Crippen LogP contribution in [0.4, 0.5) is 0 Å². The molecule has 0 spiro atoms. The molecule has 0 amide bonds. The fraction of sp³-hybridized carbons (Fsp3) is 0.200. The Kier molecular flexibility index (Phi) is 11.2. The second-order valence-electron chi connectivity index (χ2n) is 9.05. The van der Waals surface area contributed by atoms with Gasteiger partial charge in [0.25, 0.3) is 0 Å². The molecule has 0 aliphatic rings. The van der Waals surface area contributed by atoms with Crippen LogP contribution in [0.3, 0.4) is 0 Å². The first kappa shape index (κ1) is 30.9. The van der Waals surface area contributed by atoms with Gasteiger partial charge in [-0.3, -0.25) is 0 Å². The molecule has 1 radical (unpaired) electrons. The number of benzene rings is 4. The maximum atomic E-state index is 13.0. The van der Waals surface area contributed by atoms with Crippen molar-refractivity contribution >= 4 is 21.6 Å². The summed E-state index contributed by atoms with van der Waals surface area (Å²) in [6.07, 6.45) is 0. The Hall–Kier alpha value is -2.34. The Morgan fingerprint density at radius 3 is 1.59 bits per heavy atom. The maximum Gasteiger partial charge on any atom is 0.242 e. The van der Waals surface area contributed by atoms with Crippen LogP contribution < -0.4 is 10.5 Å². The van der Waals surface area contributed by atoms with Gasteiger partial charge in [0.05, 0.1) is 10.9 Å². The van der Waals surface area contributed by atoms with E-state index in [0.717, 1.165) is 11.1 Å². The summed E-state index contributed by atoms with van der Waals surface area (Å²) < 4.78 is 28.7. The summed E-state index contributed by atoms with van der Waals surface area (Å²) in [6.45, 7) is 8.27. The summed E-state index contributed by atoms with van der Waals surface area (Å²) in [5.41, 5.74) is 12.8. The van der Waals surface area contributed by atoms with Gasteiger partial charge in [0.15, 0.2) is 5.00 Å². The molecule has 2 atom stereocenters. The predicted octanol–water partition coefficient (Wildman–Crippen LogP) is 6.67. The van der Waals surface area contributed by atoms with E-state index in [4.69, 9.17) is 17.3 Å². The Labute approximate surface area is 239 Å². The van der Waals surface area contributed by atoms with Gasteiger partial charge >= 0.3 is 0 Å². The van der Waals surface area contributed by atoms with Gasteiger partial charge in [-0.05, 0) is 51.0 Å². The molecular weight excluding hydrogens is 591 g/mol. The van der Waals surface area contributed by atoms with Crippen molar-refractivity contribution in [1.29, 1.82) is 0 Å². The summed E-state index contributed by atoms with van der Waals surface area (Å²) in [5.74, 6) is 0. The van der Waals surface area contributed by atoms with Crippen molar-refractivity contribution in [1.82, 2.24) is 4.72 Å². The van der Waals surface area contributed by atoms with Crippen LogP contribution >= 0.6 is 11.6 Å². The standard InChI is InChI=1S/C21H21ClN2O2S.C9H12.Rh/c1-16-12-14-19(15-13-16)27(25,26)24-21(22,18-10-6-3-7-11-18)20(23)17-8-4-2-5-9-17;1-7-4-8(2)6-9(3)5-7;/h2-15,20,24H,23H2,1H3;4-6H,1-3H3;/t20-,21-;;/m1../s1. The quantitative estimate of drug-likeness (QED) is 0.143. The Bertz CT molecular complexity index is 1330. The fourth-order valence-corrected chi connectivity index (χ4v) is 5.85. The Morgan fingerprint density at radius 2 is 1.14 bits per heavy atom. The van der Waals surface area contributed by atoms with Crippen LogP contribution in [-0.4, -0.2) is 8.42 Å². The van der Waals surface area contributed by atoms with E-state index in [-0.39, 0.29) is 24.4 Å². The summed E-state index contributed by atoms with van der Waals surface area (Å²) in [5, 5.41) is 0. The maximum absolute atomic E-state index is 13.0. The molecule has 0 aromatic heterocycles. The smallest absolute Gasteiger partial charge is 0.242 e. The van der Waals surface area contributed by atoms with E-state index in [1.54, 1.807) is 48.5 Å². The van der Waals surface area contributed by atoms with Crippen molar-refractivity contribution in [3.05, 3.63) is 137 Å². The molecule has 0 saturated heterocycles. The van der Waals surface area contributed by atoms with Crippen LogP contribution in [-0.2, 0) is 34.5 Å². The fourth-order valence-electron chi connectivity index (χ4n) is 4.05. The summed E-state index contributed by atoms with van der Waals surface area (Å²) in [6, 6.07) is 30.5. The van der Waals surface area contributed by atoms with E-state index >= 15 is 0 Å². The number of hydrogen-bond acceptors (Lipinski definition) is 3. The van der Waals surface area contributed by atoms with E-state index in [9.17, 15) is 8.42 Å². The summed E-state index contributed by atoms with van der Waals surface area (Å²) >= 11 is 6.90. The van der Waals surface area contributed by atoms with Gasteiger partial charge in [0.2, 0.25) is 10.0 Å². The van der Waals surface area contributed by atoms with Crippen LogP contribution in [0.15, 0.2) is 108 Å². The number of nitrogens with one attached hydrogen (secondary N) is 1. The first-order valence-electron chi connectivity index (χ1n) is 11.7. The molecule has 4 nitrogen and oxygen atoms in total. The third kappa shape index (κ3) is 8.33. The second-order valence-corrected chi connectivity index (χ2v) is 11.3. The van der Waals surface area contributed by atoms with Crippen LogP contribution in [0.1, 0.15) is 39.4 Å². The molecule has 197 valence electrons. The monoisotopic (exact) mass is 623 g/mol. The first-order valence-corrected chi connectivity index (χ1v) is 13.6. The van der Waals surface area contributed by atoms with Crippen molar-refractivity contribution in [3.63, 3.8) is 0 Å². The van der Waals surface area contributed by atoms with Gasteiger partial charge in [-0.15, -0.1) is 0 Å². The number of hydrogen-bond donors (Lipinski definition) is 2. The molecule has 4 aromatic rings. The molecule has 37 heavy (non-hydrogen) atoms. The van der Waals surface area contributed by atoms with E-state index < -0.39 is 21.1 Å². The summed E-state index contributed by atoms with van der Waals surface area (Å²) in [7, 11) is -3.90. The number of halogens is 1. The number of aryl methyl sites for hydroxylation is 4. The molecular formula is C30H33ClN2O2RhS. The molecule has 0 bridgehead atoms. The number of sulfonamides is 1. The molecule has 7 heteroatoms. The first-order chi connectivity index (χ1) is 17.0. The van der Waals surface area contributed by atoms with Gasteiger partial charge in [0, 0.05) is 19.5 Å². The molecule has 0 aliphatic carbocycles. The largest absolute Gasteiger partial charge is 0.321 e. The minimum absolute atomic E-state index is 0. The molecule has 0 saturated carbocycles. The third-order valence-corrected chi connectivity index (χ3v) is 7.90. The van der Waals surface area contributed by atoms with Gasteiger partial charge in [-0.25, -0.2) is 8.42 Å². The topological polar surface area (TPSA) is 72.2 Å². The average molecular weight is 624 g/mol. The molecule has 0 aliphatic heterocycles. The molecule has 4 rings (SSSR count). The van der Waals surface area contributed by atoms with Crippen LogP contribution in [0.5, 0.6) is 0 Å². The molecule has 4 aromatic carbocycles. The van der Waals surface area contributed by atoms with E-state index in [0.29, 0.717) is 5.56 Å². The molecule has 0 heterocycles. The van der Waals surface area contributed by atoms with Gasteiger partial charge in [-0.2, -0.15) is 4.72 Å². The SMILES string of the molecule is Cc1cc(C)cc(C)c1.Cc1ccc(S(=O)(=O)N[C@](Cl)(c2ccccc2)[C@H](N)c2ccccc2)cc1.[Rh]. The number of alkyl halides is 1. The molecule has 3 N–H and O–H groups in total. The average Bonchev–Trinajstić information content (AvgIpc) is 2.84. The van der Waals surface area contributed by atoms with E-state index in [1.165, 1.54) is 16.7 Å². The van der Waals surface area contributed by atoms with E-state index in [1.807, 2.05) is 43.3 Å². The minimum atomic E-state index is -3.90. The zero-order valence-corrected chi connectivity index (χ0v) is 24.6. The van der Waals surface area contributed by atoms with Crippen molar-refractivity contribution in [3.8, 4) is 0 Å². The van der Waals surface area contributed by atoms with Gasteiger partial charge in [0.1, 0.15) is 0 Å². The number of rotatable bonds is 6. The van der Waals surface area contributed by atoms with Crippen LogP contribution in [0, 0.1) is 27.7 Å². The molecule has 0 fully saturated rings. The summed E-state index contributed by atoms with van der Waals surface area (Å²) in [4.78, 5) is -1.42. The Morgan fingerprint density at radius 1 is 0.703 bits per heavy atom. The van der Waals surface area contributed by atoms with Crippen molar-refractivity contribution in [2.75, 3.05) is 0 Å². The molecule has 0 unspecified atom stereocenters. The van der Waals surface area contributed by atoms with Gasteiger partial charge < -0.3 is 5.73 Å². The zero-order valence-electron chi connectivity index (χ0n) is 21.4. The van der Waals surface area contributed by atoms with Crippen LogP contribution in [0.2, 0.25) is 0 Å². The van der Waals surface area contributed by atoms with E-state index in [2.05, 4.69) is 43.7 Å². The zero-order chi connectivity index (χ0) is 26.3. The van der Waals surface area contributed by atoms with Crippen LogP contribution in [0.25, 0.3) is 0 Å². The third-order valence-electron chi connectivity index (χ3n) is 5.76. The van der Waals surface area contributed by atoms with Crippen molar-refractivity contribution in [2.24, 2.45) is 5.73 Å². The number of nitrogens with two attached hydrogens (primary N) is 1. The second kappa shape index (κ2) is 13.5. The Balaban J connectivity index is 0.000000408. The van der Waals surface area contributed by atoms with Crippen molar-refractivity contribution in [2.45, 2.75) is 43.6 Å². The van der Waals surface area contributed by atoms with Crippen molar-refractivity contribution < 1.29 is 27.9 Å². The minimum Gasteiger partial charge on any atom is -0.321 e. The predicted molar refractivity (Wildman–Crippen MR) is 149 cm³/mol. The normalized spacial score (nSPS) is 13.4. The van der Waals surface area contributed by atoms with Gasteiger partial charge in [-0.1, -0.05) is 125 Å².